The molecule has 1 N–H and O–H groups in total. The fourth-order valence-electron chi connectivity index (χ4n) is 3.60. The maximum Gasteiger partial charge on any atom is 0.105 e. The van der Waals surface area contributed by atoms with Crippen LogP contribution in [0, 0.1) is 5.92 Å². The van der Waals surface area contributed by atoms with Crippen molar-refractivity contribution in [1.29, 1.82) is 0 Å². The Labute approximate surface area is 115 Å². The molecule has 0 amide bonds. The average molecular weight is 260 g/mol. The van der Waals surface area contributed by atoms with E-state index in [0.717, 1.165) is 37.2 Å². The molecule has 0 spiro atoms. The fraction of sp³-hybridized carbons (Fsp3) is 0.647. The van der Waals surface area contributed by atoms with Gasteiger partial charge in [-0.3, -0.25) is 0 Å². The van der Waals surface area contributed by atoms with Crippen LogP contribution in [-0.2, 0) is 11.2 Å². The van der Waals surface area contributed by atoms with E-state index in [1.165, 1.54) is 18.4 Å². The van der Waals surface area contributed by atoms with Crippen molar-refractivity contribution in [1.82, 2.24) is 0 Å². The second kappa shape index (κ2) is 5.64. The Morgan fingerprint density at radius 2 is 2.00 bits per heavy atom. The van der Waals surface area contributed by atoms with E-state index in [1.807, 2.05) is 12.1 Å². The van der Waals surface area contributed by atoms with Crippen LogP contribution in [0.25, 0.3) is 0 Å². The fourth-order valence-corrected chi connectivity index (χ4v) is 3.60. The van der Waals surface area contributed by atoms with Gasteiger partial charge in [-0.2, -0.15) is 0 Å². The monoisotopic (exact) mass is 260 g/mol. The molecule has 2 nitrogen and oxygen atoms in total. The Balaban J connectivity index is 1.67. The summed E-state index contributed by atoms with van der Waals surface area (Å²) >= 11 is 0. The van der Waals surface area contributed by atoms with Gasteiger partial charge in [-0.1, -0.05) is 44.0 Å². The Hall–Kier alpha value is -0.860. The third-order valence-corrected chi connectivity index (χ3v) is 4.68. The van der Waals surface area contributed by atoms with Gasteiger partial charge < -0.3 is 9.84 Å². The van der Waals surface area contributed by atoms with Gasteiger partial charge in [0, 0.05) is 0 Å². The Bertz CT molecular complexity index is 429. The molecule has 2 aliphatic rings. The van der Waals surface area contributed by atoms with Crippen molar-refractivity contribution in [3.05, 3.63) is 35.4 Å². The average Bonchev–Trinajstić information content (AvgIpc) is 2.42. The predicted molar refractivity (Wildman–Crippen MR) is 76.0 cm³/mol. The number of aryl methyl sites for hydroxylation is 1. The van der Waals surface area contributed by atoms with Gasteiger partial charge in [0.1, 0.15) is 6.10 Å². The summed E-state index contributed by atoms with van der Waals surface area (Å²) < 4.78 is 6.22. The van der Waals surface area contributed by atoms with Gasteiger partial charge >= 0.3 is 0 Å². The van der Waals surface area contributed by atoms with Crippen LogP contribution < -0.4 is 0 Å². The van der Waals surface area contributed by atoms with Crippen LogP contribution in [0.15, 0.2) is 24.3 Å². The number of hydrogen-bond acceptors (Lipinski definition) is 2. The summed E-state index contributed by atoms with van der Waals surface area (Å²) in [4.78, 5) is 0. The third kappa shape index (κ3) is 2.85. The third-order valence-electron chi connectivity index (χ3n) is 4.68. The SMILES string of the molecule is CC1CCCC(OC2CCc3ccccc3C2O)C1. The number of aliphatic hydroxyl groups is 1. The van der Waals surface area contributed by atoms with E-state index in [4.69, 9.17) is 4.74 Å². The molecule has 0 saturated heterocycles. The van der Waals surface area contributed by atoms with E-state index in [2.05, 4.69) is 19.1 Å². The molecule has 3 rings (SSSR count). The lowest BCUT2D eigenvalue weighted by Gasteiger charge is -2.35. The van der Waals surface area contributed by atoms with Crippen LogP contribution in [-0.4, -0.2) is 17.3 Å². The van der Waals surface area contributed by atoms with Gasteiger partial charge in [0.2, 0.25) is 0 Å². The molecular weight excluding hydrogens is 236 g/mol. The molecule has 1 aromatic rings. The number of fused-ring (bicyclic) bond motifs is 1. The molecule has 1 saturated carbocycles. The lowest BCUT2D eigenvalue weighted by Crippen LogP contribution is -2.34. The van der Waals surface area contributed by atoms with Crippen LogP contribution in [0.4, 0.5) is 0 Å². The minimum Gasteiger partial charge on any atom is -0.386 e. The molecular formula is C17H24O2. The molecule has 4 atom stereocenters. The largest absolute Gasteiger partial charge is 0.386 e. The number of aliphatic hydroxyl groups excluding tert-OH is 1. The van der Waals surface area contributed by atoms with Crippen LogP contribution in [0.5, 0.6) is 0 Å². The highest BCUT2D eigenvalue weighted by Crippen LogP contribution is 2.35. The molecule has 1 aromatic carbocycles. The van der Waals surface area contributed by atoms with Crippen molar-refractivity contribution in [2.45, 2.75) is 63.8 Å². The van der Waals surface area contributed by atoms with E-state index in [9.17, 15) is 5.11 Å². The van der Waals surface area contributed by atoms with Crippen molar-refractivity contribution in [3.63, 3.8) is 0 Å². The molecule has 104 valence electrons. The van der Waals surface area contributed by atoms with E-state index in [-0.39, 0.29) is 6.10 Å². The molecule has 1 fully saturated rings. The van der Waals surface area contributed by atoms with Crippen LogP contribution in [0.2, 0.25) is 0 Å². The highest BCUT2D eigenvalue weighted by Gasteiger charge is 2.31. The van der Waals surface area contributed by atoms with Crippen LogP contribution in [0.3, 0.4) is 0 Å². The van der Waals surface area contributed by atoms with Gasteiger partial charge in [-0.05, 0) is 42.7 Å². The molecule has 0 aliphatic heterocycles. The molecule has 4 unspecified atom stereocenters. The second-order valence-corrected chi connectivity index (χ2v) is 6.25. The van der Waals surface area contributed by atoms with Crippen molar-refractivity contribution < 1.29 is 9.84 Å². The molecule has 2 heteroatoms. The van der Waals surface area contributed by atoms with Crippen molar-refractivity contribution in [3.8, 4) is 0 Å². The van der Waals surface area contributed by atoms with Crippen LogP contribution in [0.1, 0.15) is 56.3 Å². The van der Waals surface area contributed by atoms with Crippen LogP contribution >= 0.6 is 0 Å². The summed E-state index contributed by atoms with van der Waals surface area (Å²) in [5.74, 6) is 0.770. The lowest BCUT2D eigenvalue weighted by molar-refractivity contribution is -0.101. The molecule has 2 aliphatic carbocycles. The van der Waals surface area contributed by atoms with Gasteiger partial charge in [-0.15, -0.1) is 0 Å². The Morgan fingerprint density at radius 1 is 1.16 bits per heavy atom. The standard InChI is InChI=1S/C17H24O2/c1-12-5-4-7-14(11-12)19-16-10-9-13-6-2-3-8-15(13)17(16)18/h2-3,6,8,12,14,16-18H,4-5,7,9-11H2,1H3. The summed E-state index contributed by atoms with van der Waals surface area (Å²) in [5, 5.41) is 10.5. The first-order valence-corrected chi connectivity index (χ1v) is 7.65. The zero-order chi connectivity index (χ0) is 13.2. The summed E-state index contributed by atoms with van der Waals surface area (Å²) in [6.07, 6.45) is 6.80. The number of ether oxygens (including phenoxy) is 1. The van der Waals surface area contributed by atoms with E-state index < -0.39 is 6.10 Å². The van der Waals surface area contributed by atoms with E-state index in [0.29, 0.717) is 6.10 Å². The zero-order valence-electron chi connectivity index (χ0n) is 11.7. The van der Waals surface area contributed by atoms with Gasteiger partial charge in [-0.25, -0.2) is 0 Å². The Kier molecular flexibility index (Phi) is 3.90. The van der Waals surface area contributed by atoms with Gasteiger partial charge in [0.15, 0.2) is 0 Å². The predicted octanol–water partition coefficient (Wildman–Crippen LogP) is 3.63. The number of hydrogen-bond donors (Lipinski definition) is 1. The smallest absolute Gasteiger partial charge is 0.105 e. The minimum absolute atomic E-state index is 0.00907. The van der Waals surface area contributed by atoms with E-state index in [1.54, 1.807) is 0 Å². The van der Waals surface area contributed by atoms with Crippen molar-refractivity contribution >= 4 is 0 Å². The van der Waals surface area contributed by atoms with Gasteiger partial charge in [0.25, 0.3) is 0 Å². The molecule has 0 radical (unpaired) electrons. The molecule has 0 aromatic heterocycles. The van der Waals surface area contributed by atoms with Crippen molar-refractivity contribution in [2.24, 2.45) is 5.92 Å². The first kappa shape index (κ1) is 13.1. The lowest BCUT2D eigenvalue weighted by atomic mass is 9.86. The number of rotatable bonds is 2. The van der Waals surface area contributed by atoms with Crippen molar-refractivity contribution in [2.75, 3.05) is 0 Å². The summed E-state index contributed by atoms with van der Waals surface area (Å²) in [6.45, 7) is 2.31. The quantitative estimate of drug-likeness (QED) is 0.880. The molecule has 19 heavy (non-hydrogen) atoms. The Morgan fingerprint density at radius 3 is 2.84 bits per heavy atom. The maximum atomic E-state index is 10.5. The zero-order valence-corrected chi connectivity index (χ0v) is 11.7. The molecule has 0 bridgehead atoms. The summed E-state index contributed by atoms with van der Waals surface area (Å²) in [7, 11) is 0. The second-order valence-electron chi connectivity index (χ2n) is 6.25. The highest BCUT2D eigenvalue weighted by atomic mass is 16.5. The highest BCUT2D eigenvalue weighted by molar-refractivity contribution is 5.32. The summed E-state index contributed by atoms with van der Waals surface area (Å²) in [6, 6.07) is 8.22. The normalized spacial score (nSPS) is 34.8. The van der Waals surface area contributed by atoms with E-state index >= 15 is 0 Å². The number of benzene rings is 1. The summed E-state index contributed by atoms with van der Waals surface area (Å²) in [5.41, 5.74) is 2.36. The topological polar surface area (TPSA) is 29.5 Å². The first-order valence-electron chi connectivity index (χ1n) is 7.65. The minimum atomic E-state index is -0.442. The van der Waals surface area contributed by atoms with Gasteiger partial charge in [0.05, 0.1) is 12.2 Å². The maximum absolute atomic E-state index is 10.5. The first-order chi connectivity index (χ1) is 9.24. The molecule has 0 heterocycles.